The van der Waals surface area contributed by atoms with Crippen molar-refractivity contribution in [3.63, 3.8) is 0 Å². The third-order valence-electron chi connectivity index (χ3n) is 4.09. The standard InChI is InChI=1S/C18H17N5O2S2/c1-2-8-23-17(25)21-22-18(23)27-10-13-19-15(24)14-12(9-26-16(14)20-13)11-6-4-3-5-7-11/h3-7,9H,2,8,10H2,1H3,(H,21,25)(H,19,20,24). The van der Waals surface area contributed by atoms with Gasteiger partial charge in [-0.25, -0.2) is 14.9 Å². The molecule has 9 heteroatoms. The van der Waals surface area contributed by atoms with Gasteiger partial charge in [-0.05, 0) is 12.0 Å². The number of thiophene rings is 1. The lowest BCUT2D eigenvalue weighted by molar-refractivity contribution is 0.603. The van der Waals surface area contributed by atoms with Gasteiger partial charge in [-0.1, -0.05) is 49.0 Å². The van der Waals surface area contributed by atoms with Crippen LogP contribution in [0.25, 0.3) is 21.3 Å². The average Bonchev–Trinajstić information content (AvgIpc) is 3.26. The van der Waals surface area contributed by atoms with Gasteiger partial charge in [0.25, 0.3) is 5.56 Å². The van der Waals surface area contributed by atoms with Crippen LogP contribution in [0.1, 0.15) is 19.2 Å². The summed E-state index contributed by atoms with van der Waals surface area (Å²) < 4.78 is 1.60. The Labute approximate surface area is 162 Å². The summed E-state index contributed by atoms with van der Waals surface area (Å²) in [6.07, 6.45) is 0.839. The first-order valence-corrected chi connectivity index (χ1v) is 10.4. The van der Waals surface area contributed by atoms with Crippen LogP contribution in [0.4, 0.5) is 0 Å². The van der Waals surface area contributed by atoms with Crippen LogP contribution in [0.2, 0.25) is 0 Å². The summed E-state index contributed by atoms with van der Waals surface area (Å²) in [7, 11) is 0. The van der Waals surface area contributed by atoms with Gasteiger partial charge in [0.05, 0.1) is 11.1 Å². The molecule has 3 heterocycles. The largest absolute Gasteiger partial charge is 0.343 e. The van der Waals surface area contributed by atoms with Gasteiger partial charge < -0.3 is 4.98 Å². The smallest absolute Gasteiger partial charge is 0.309 e. The summed E-state index contributed by atoms with van der Waals surface area (Å²) in [5.74, 6) is 0.995. The first-order valence-electron chi connectivity index (χ1n) is 8.51. The maximum Gasteiger partial charge on any atom is 0.343 e. The van der Waals surface area contributed by atoms with Crippen LogP contribution in [-0.2, 0) is 12.3 Å². The average molecular weight is 400 g/mol. The molecule has 0 spiro atoms. The molecule has 1 aromatic carbocycles. The molecule has 0 saturated heterocycles. The molecule has 4 aromatic rings. The second-order valence-electron chi connectivity index (χ2n) is 5.96. The highest BCUT2D eigenvalue weighted by atomic mass is 32.2. The van der Waals surface area contributed by atoms with Crippen molar-refractivity contribution in [3.05, 3.63) is 62.4 Å². The number of benzene rings is 1. The number of hydrogen-bond acceptors (Lipinski definition) is 6. The maximum atomic E-state index is 12.7. The van der Waals surface area contributed by atoms with Gasteiger partial charge in [0, 0.05) is 17.5 Å². The quantitative estimate of drug-likeness (QED) is 0.485. The van der Waals surface area contributed by atoms with E-state index < -0.39 is 0 Å². The molecule has 4 rings (SSSR count). The summed E-state index contributed by atoms with van der Waals surface area (Å²) in [5.41, 5.74) is 1.52. The van der Waals surface area contributed by atoms with Crippen LogP contribution < -0.4 is 11.2 Å². The van der Waals surface area contributed by atoms with E-state index in [1.165, 1.54) is 23.1 Å². The third kappa shape index (κ3) is 3.47. The molecule has 0 saturated carbocycles. The number of hydrogen-bond donors (Lipinski definition) is 2. The molecule has 3 aromatic heterocycles. The van der Waals surface area contributed by atoms with Crippen molar-refractivity contribution in [2.45, 2.75) is 30.8 Å². The van der Waals surface area contributed by atoms with Gasteiger partial charge in [-0.2, -0.15) is 0 Å². The second-order valence-corrected chi connectivity index (χ2v) is 7.76. The molecule has 138 valence electrons. The van der Waals surface area contributed by atoms with Crippen LogP contribution in [0.3, 0.4) is 0 Å². The number of nitrogens with zero attached hydrogens (tertiary/aromatic N) is 3. The van der Waals surface area contributed by atoms with Crippen molar-refractivity contribution in [2.75, 3.05) is 0 Å². The van der Waals surface area contributed by atoms with Crippen molar-refractivity contribution in [1.29, 1.82) is 0 Å². The number of aromatic nitrogens is 5. The number of H-pyrrole nitrogens is 2. The Balaban J connectivity index is 1.63. The topological polar surface area (TPSA) is 96.4 Å². The lowest BCUT2D eigenvalue weighted by Crippen LogP contribution is -2.17. The SMILES string of the molecule is CCCn1c(SCc2nc3scc(-c4ccccc4)c3c(=O)[nH]2)n[nH]c1=O. The molecule has 0 aliphatic carbocycles. The summed E-state index contributed by atoms with van der Waals surface area (Å²) in [6, 6.07) is 9.81. The number of nitrogens with one attached hydrogen (secondary N) is 2. The van der Waals surface area contributed by atoms with E-state index in [0.29, 0.717) is 33.5 Å². The second kappa shape index (κ2) is 7.53. The molecule has 0 amide bonds. The molecule has 0 fully saturated rings. The van der Waals surface area contributed by atoms with Crippen LogP contribution in [0.5, 0.6) is 0 Å². The normalized spacial score (nSPS) is 11.3. The molecule has 0 unspecified atom stereocenters. The summed E-state index contributed by atoms with van der Waals surface area (Å²) in [4.78, 5) is 32.6. The van der Waals surface area contributed by atoms with Crippen molar-refractivity contribution < 1.29 is 0 Å². The Morgan fingerprint density at radius 3 is 2.81 bits per heavy atom. The Morgan fingerprint density at radius 1 is 1.22 bits per heavy atom. The zero-order valence-electron chi connectivity index (χ0n) is 14.6. The van der Waals surface area contributed by atoms with Crippen molar-refractivity contribution in [3.8, 4) is 11.1 Å². The minimum atomic E-state index is -0.220. The Morgan fingerprint density at radius 2 is 2.04 bits per heavy atom. The lowest BCUT2D eigenvalue weighted by Gasteiger charge is -2.04. The Kier molecular flexibility index (Phi) is 4.95. The summed E-state index contributed by atoms with van der Waals surface area (Å²) >= 11 is 2.83. The van der Waals surface area contributed by atoms with Crippen LogP contribution in [-0.4, -0.2) is 24.7 Å². The third-order valence-corrected chi connectivity index (χ3v) is 5.95. The Bertz CT molecular complexity index is 1190. The molecule has 0 aliphatic rings. The first kappa shape index (κ1) is 17.7. The molecular formula is C18H17N5O2S2. The van der Waals surface area contributed by atoms with Gasteiger partial charge in [0.1, 0.15) is 10.7 Å². The van der Waals surface area contributed by atoms with E-state index in [1.807, 2.05) is 42.6 Å². The fourth-order valence-electron chi connectivity index (χ4n) is 2.86. The highest BCUT2D eigenvalue weighted by molar-refractivity contribution is 7.98. The molecule has 0 atom stereocenters. The zero-order chi connectivity index (χ0) is 18.8. The molecule has 27 heavy (non-hydrogen) atoms. The zero-order valence-corrected chi connectivity index (χ0v) is 16.2. The predicted octanol–water partition coefficient (Wildman–Crippen LogP) is 3.24. The predicted molar refractivity (Wildman–Crippen MR) is 108 cm³/mol. The van der Waals surface area contributed by atoms with Crippen LogP contribution in [0.15, 0.2) is 50.5 Å². The molecule has 7 nitrogen and oxygen atoms in total. The van der Waals surface area contributed by atoms with Crippen molar-refractivity contribution in [2.24, 2.45) is 0 Å². The highest BCUT2D eigenvalue weighted by Gasteiger charge is 2.14. The van der Waals surface area contributed by atoms with E-state index >= 15 is 0 Å². The van der Waals surface area contributed by atoms with E-state index in [1.54, 1.807) is 4.57 Å². The van der Waals surface area contributed by atoms with E-state index in [2.05, 4.69) is 20.2 Å². The first-order chi connectivity index (χ1) is 13.2. The Hall–Kier alpha value is -2.65. The minimum Gasteiger partial charge on any atom is -0.309 e. The molecule has 0 aliphatic heterocycles. The van der Waals surface area contributed by atoms with E-state index in [0.717, 1.165) is 17.5 Å². The number of thioether (sulfide) groups is 1. The van der Waals surface area contributed by atoms with Crippen LogP contribution in [0, 0.1) is 0 Å². The molecule has 0 bridgehead atoms. The minimum absolute atomic E-state index is 0.149. The number of aromatic amines is 2. The fourth-order valence-corrected chi connectivity index (χ4v) is 4.67. The number of fused-ring (bicyclic) bond motifs is 1. The summed E-state index contributed by atoms with van der Waals surface area (Å²) in [5, 5.41) is 9.69. The maximum absolute atomic E-state index is 12.7. The van der Waals surface area contributed by atoms with Gasteiger partial charge in [-0.15, -0.1) is 16.4 Å². The fraction of sp³-hybridized carbons (Fsp3) is 0.222. The monoisotopic (exact) mass is 399 g/mol. The van der Waals surface area contributed by atoms with Crippen LogP contribution >= 0.6 is 23.1 Å². The van der Waals surface area contributed by atoms with E-state index in [4.69, 9.17) is 0 Å². The van der Waals surface area contributed by atoms with E-state index in [9.17, 15) is 9.59 Å². The molecular weight excluding hydrogens is 382 g/mol. The molecule has 0 radical (unpaired) electrons. The van der Waals surface area contributed by atoms with Gasteiger partial charge >= 0.3 is 5.69 Å². The van der Waals surface area contributed by atoms with Gasteiger partial charge in [0.15, 0.2) is 5.16 Å². The van der Waals surface area contributed by atoms with Gasteiger partial charge in [0.2, 0.25) is 0 Å². The van der Waals surface area contributed by atoms with E-state index in [-0.39, 0.29) is 11.2 Å². The summed E-state index contributed by atoms with van der Waals surface area (Å²) in [6.45, 7) is 2.61. The molecule has 2 N–H and O–H groups in total. The van der Waals surface area contributed by atoms with Crippen molar-refractivity contribution in [1.82, 2.24) is 24.7 Å². The van der Waals surface area contributed by atoms with Gasteiger partial charge in [-0.3, -0.25) is 9.36 Å². The van der Waals surface area contributed by atoms with Crippen molar-refractivity contribution >= 4 is 33.3 Å². The number of rotatable bonds is 6. The highest BCUT2D eigenvalue weighted by Crippen LogP contribution is 2.30. The lowest BCUT2D eigenvalue weighted by atomic mass is 10.1.